The van der Waals surface area contributed by atoms with Gasteiger partial charge in [0.1, 0.15) is 0 Å². The zero-order valence-electron chi connectivity index (χ0n) is 10.3. The van der Waals surface area contributed by atoms with Crippen molar-refractivity contribution in [2.75, 3.05) is 6.61 Å². The molecule has 0 aromatic heterocycles. The van der Waals surface area contributed by atoms with Gasteiger partial charge < -0.3 is 14.9 Å². The molecular formula is C12H24O4. The summed E-state index contributed by atoms with van der Waals surface area (Å²) in [5.41, 5.74) is 0. The number of rotatable bonds is 9. The van der Waals surface area contributed by atoms with Crippen LogP contribution >= 0.6 is 0 Å². The minimum absolute atomic E-state index is 0.221. The van der Waals surface area contributed by atoms with Crippen LogP contribution in [0.15, 0.2) is 0 Å². The third kappa shape index (κ3) is 6.80. The van der Waals surface area contributed by atoms with Crippen LogP contribution in [0.25, 0.3) is 0 Å². The van der Waals surface area contributed by atoms with Gasteiger partial charge in [0, 0.05) is 0 Å². The minimum Gasteiger partial charge on any atom is -0.464 e. The first kappa shape index (κ1) is 15.4. The lowest BCUT2D eigenvalue weighted by Crippen LogP contribution is -2.35. The Morgan fingerprint density at radius 1 is 1.12 bits per heavy atom. The highest BCUT2D eigenvalue weighted by molar-refractivity contribution is 5.75. The number of esters is 1. The van der Waals surface area contributed by atoms with Gasteiger partial charge in [-0.1, -0.05) is 39.0 Å². The predicted molar refractivity (Wildman–Crippen MR) is 62.0 cm³/mol. The largest absolute Gasteiger partial charge is 0.464 e. The van der Waals surface area contributed by atoms with Crippen LogP contribution in [-0.2, 0) is 9.53 Å². The zero-order chi connectivity index (χ0) is 12.4. The van der Waals surface area contributed by atoms with Gasteiger partial charge in [-0.2, -0.15) is 0 Å². The molecule has 0 rings (SSSR count). The molecule has 0 aromatic rings. The van der Waals surface area contributed by atoms with E-state index >= 15 is 0 Å². The maximum atomic E-state index is 11.1. The number of hydrogen-bond acceptors (Lipinski definition) is 4. The Morgan fingerprint density at radius 3 is 2.31 bits per heavy atom. The Kier molecular flexibility index (Phi) is 9.24. The van der Waals surface area contributed by atoms with Crippen molar-refractivity contribution in [1.29, 1.82) is 0 Å². The molecule has 96 valence electrons. The highest BCUT2D eigenvalue weighted by Gasteiger charge is 2.24. The van der Waals surface area contributed by atoms with Crippen LogP contribution in [-0.4, -0.2) is 35.0 Å². The third-order valence-corrected chi connectivity index (χ3v) is 2.50. The van der Waals surface area contributed by atoms with E-state index in [9.17, 15) is 15.0 Å². The first-order chi connectivity index (χ1) is 7.63. The Labute approximate surface area is 97.6 Å². The van der Waals surface area contributed by atoms with Gasteiger partial charge in [0.15, 0.2) is 6.10 Å². The van der Waals surface area contributed by atoms with Gasteiger partial charge in [-0.25, -0.2) is 4.79 Å². The zero-order valence-corrected chi connectivity index (χ0v) is 10.3. The van der Waals surface area contributed by atoms with Crippen LogP contribution in [0, 0.1) is 0 Å². The van der Waals surface area contributed by atoms with Gasteiger partial charge in [-0.05, 0) is 13.3 Å². The molecule has 0 saturated carbocycles. The summed E-state index contributed by atoms with van der Waals surface area (Å²) in [5.74, 6) is -0.733. The number of hydrogen-bond donors (Lipinski definition) is 2. The first-order valence-electron chi connectivity index (χ1n) is 6.16. The molecule has 0 radical (unpaired) electrons. The smallest absolute Gasteiger partial charge is 0.337 e. The topological polar surface area (TPSA) is 66.8 Å². The lowest BCUT2D eigenvalue weighted by Gasteiger charge is -2.15. The number of aliphatic hydroxyl groups excluding tert-OH is 2. The molecule has 0 saturated heterocycles. The fraction of sp³-hybridized carbons (Fsp3) is 0.917. The predicted octanol–water partition coefficient (Wildman–Crippen LogP) is 1.63. The van der Waals surface area contributed by atoms with E-state index in [1.165, 1.54) is 12.8 Å². The molecule has 4 nitrogen and oxygen atoms in total. The van der Waals surface area contributed by atoms with Crippen LogP contribution < -0.4 is 0 Å². The van der Waals surface area contributed by atoms with Gasteiger partial charge in [0.25, 0.3) is 0 Å². The lowest BCUT2D eigenvalue weighted by molar-refractivity contribution is -0.159. The van der Waals surface area contributed by atoms with Crippen molar-refractivity contribution in [3.05, 3.63) is 0 Å². The van der Waals surface area contributed by atoms with Crippen molar-refractivity contribution in [2.45, 2.75) is 64.6 Å². The second-order valence-corrected chi connectivity index (χ2v) is 3.97. The van der Waals surface area contributed by atoms with Crippen LogP contribution in [0.4, 0.5) is 0 Å². The molecular weight excluding hydrogens is 208 g/mol. The molecule has 0 spiro atoms. The van der Waals surface area contributed by atoms with Crippen molar-refractivity contribution >= 4 is 5.97 Å². The first-order valence-corrected chi connectivity index (χ1v) is 6.16. The van der Waals surface area contributed by atoms with Gasteiger partial charge >= 0.3 is 5.97 Å². The van der Waals surface area contributed by atoms with Crippen molar-refractivity contribution in [2.24, 2.45) is 0 Å². The van der Waals surface area contributed by atoms with E-state index in [0.717, 1.165) is 19.3 Å². The SMILES string of the molecule is CCCCCCC[C@@H](O)[C@H](O)C(=O)OCC. The summed E-state index contributed by atoms with van der Waals surface area (Å²) in [4.78, 5) is 11.1. The number of carbonyl (C=O) groups is 1. The Bertz CT molecular complexity index is 182. The average Bonchev–Trinajstić information content (AvgIpc) is 2.27. The molecule has 16 heavy (non-hydrogen) atoms. The standard InChI is InChI=1S/C12H24O4/c1-3-5-6-7-8-9-10(13)11(14)12(15)16-4-2/h10-11,13-14H,3-9H2,1-2H3/t10-,11+/m1/s1. The second-order valence-electron chi connectivity index (χ2n) is 3.97. The molecule has 2 N–H and O–H groups in total. The van der Waals surface area contributed by atoms with Crippen LogP contribution in [0.1, 0.15) is 52.4 Å². The molecule has 0 aliphatic heterocycles. The molecule has 0 unspecified atom stereocenters. The summed E-state index contributed by atoms with van der Waals surface area (Å²) >= 11 is 0. The van der Waals surface area contributed by atoms with Gasteiger partial charge in [-0.3, -0.25) is 0 Å². The quantitative estimate of drug-likeness (QED) is 0.468. The van der Waals surface area contributed by atoms with Crippen LogP contribution in [0.2, 0.25) is 0 Å². The third-order valence-electron chi connectivity index (χ3n) is 2.50. The van der Waals surface area contributed by atoms with E-state index in [0.29, 0.717) is 6.42 Å². The fourth-order valence-corrected chi connectivity index (χ4v) is 1.50. The van der Waals surface area contributed by atoms with E-state index in [4.69, 9.17) is 0 Å². The number of unbranched alkanes of at least 4 members (excludes halogenated alkanes) is 4. The number of aliphatic hydroxyl groups is 2. The Hall–Kier alpha value is -0.610. The molecule has 0 fully saturated rings. The Morgan fingerprint density at radius 2 is 1.75 bits per heavy atom. The molecule has 0 aliphatic carbocycles. The maximum Gasteiger partial charge on any atom is 0.337 e. The van der Waals surface area contributed by atoms with E-state index < -0.39 is 18.2 Å². The van der Waals surface area contributed by atoms with Crippen molar-refractivity contribution in [3.8, 4) is 0 Å². The average molecular weight is 232 g/mol. The van der Waals surface area contributed by atoms with Crippen molar-refractivity contribution in [3.63, 3.8) is 0 Å². The van der Waals surface area contributed by atoms with Gasteiger partial charge in [-0.15, -0.1) is 0 Å². The minimum atomic E-state index is -1.40. The molecule has 4 heteroatoms. The van der Waals surface area contributed by atoms with Gasteiger partial charge in [0.05, 0.1) is 12.7 Å². The molecule has 2 atom stereocenters. The van der Waals surface area contributed by atoms with Crippen LogP contribution in [0.5, 0.6) is 0 Å². The van der Waals surface area contributed by atoms with Crippen molar-refractivity contribution < 1.29 is 19.7 Å². The van der Waals surface area contributed by atoms with E-state index in [1.54, 1.807) is 6.92 Å². The molecule has 0 aromatic carbocycles. The molecule has 0 heterocycles. The summed E-state index contributed by atoms with van der Waals surface area (Å²) in [5, 5.41) is 18.9. The number of carbonyl (C=O) groups excluding carboxylic acids is 1. The van der Waals surface area contributed by atoms with E-state index in [-0.39, 0.29) is 6.61 Å². The highest BCUT2D eigenvalue weighted by atomic mass is 16.5. The van der Waals surface area contributed by atoms with E-state index in [1.807, 2.05) is 0 Å². The second kappa shape index (κ2) is 9.60. The van der Waals surface area contributed by atoms with Crippen molar-refractivity contribution in [1.82, 2.24) is 0 Å². The highest BCUT2D eigenvalue weighted by Crippen LogP contribution is 2.10. The summed E-state index contributed by atoms with van der Waals surface area (Å²) in [7, 11) is 0. The summed E-state index contributed by atoms with van der Waals surface area (Å²) < 4.78 is 4.62. The summed E-state index contributed by atoms with van der Waals surface area (Å²) in [6, 6.07) is 0. The summed E-state index contributed by atoms with van der Waals surface area (Å²) in [6.07, 6.45) is 3.41. The summed E-state index contributed by atoms with van der Waals surface area (Å²) in [6.45, 7) is 4.03. The van der Waals surface area contributed by atoms with E-state index in [2.05, 4.69) is 11.7 Å². The van der Waals surface area contributed by atoms with Gasteiger partial charge in [0.2, 0.25) is 0 Å². The fourth-order valence-electron chi connectivity index (χ4n) is 1.50. The van der Waals surface area contributed by atoms with Crippen LogP contribution in [0.3, 0.4) is 0 Å². The maximum absolute atomic E-state index is 11.1. The molecule has 0 amide bonds. The lowest BCUT2D eigenvalue weighted by atomic mass is 10.0. The molecule has 0 bridgehead atoms. The monoisotopic (exact) mass is 232 g/mol. The molecule has 0 aliphatic rings. The normalized spacial score (nSPS) is 14.5. The Balaban J connectivity index is 3.62. The number of ether oxygens (including phenoxy) is 1.